The summed E-state index contributed by atoms with van der Waals surface area (Å²) >= 11 is 26.1. The van der Waals surface area contributed by atoms with E-state index in [2.05, 4.69) is 18.2 Å². The lowest BCUT2D eigenvalue weighted by Crippen LogP contribution is -2.12. The third kappa shape index (κ3) is 2.51. The van der Waals surface area contributed by atoms with Crippen LogP contribution in [0, 0.1) is 0 Å². The van der Waals surface area contributed by atoms with E-state index in [0.29, 0.717) is 16.7 Å². The second-order valence-electron chi connectivity index (χ2n) is 10.4. The minimum absolute atomic E-state index is 0.0344. The average molecular weight is 594 g/mol. The van der Waals surface area contributed by atoms with Crippen LogP contribution in [0.5, 0.6) is 0 Å². The Kier molecular flexibility index (Phi) is 4.35. The molecule has 0 fully saturated rings. The molecule has 40 heavy (non-hydrogen) atoms. The van der Waals surface area contributed by atoms with Crippen LogP contribution in [0.3, 0.4) is 0 Å². The first-order valence-corrected chi connectivity index (χ1v) is 14.1. The summed E-state index contributed by atoms with van der Waals surface area (Å²) in [5, 5.41) is 8.33. The van der Waals surface area contributed by atoms with E-state index in [1.807, 2.05) is 54.6 Å². The Labute approximate surface area is 247 Å². The summed E-state index contributed by atoms with van der Waals surface area (Å²) in [6, 6.07) is 23.9. The van der Waals surface area contributed by atoms with Crippen LogP contribution in [0.25, 0.3) is 65.3 Å². The highest BCUT2D eigenvalue weighted by Gasteiger charge is 2.34. The highest BCUT2D eigenvalue weighted by atomic mass is 35.5. The molecule has 0 radical (unpaired) electrons. The van der Waals surface area contributed by atoms with Crippen LogP contribution in [0.2, 0.25) is 20.1 Å². The largest absolute Gasteiger partial charge is 0.289 e. The summed E-state index contributed by atoms with van der Waals surface area (Å²) in [7, 11) is 0. The van der Waals surface area contributed by atoms with E-state index in [4.69, 9.17) is 46.4 Å². The Morgan fingerprint density at radius 1 is 0.350 bits per heavy atom. The molecule has 0 bridgehead atoms. The normalized spacial score (nSPS) is 13.6. The molecule has 0 aliphatic heterocycles. The van der Waals surface area contributed by atoms with Gasteiger partial charge in [-0.05, 0) is 61.1 Å². The minimum atomic E-state index is -0.241. The lowest BCUT2D eigenvalue weighted by atomic mass is 9.76. The summed E-state index contributed by atoms with van der Waals surface area (Å²) in [4.78, 5) is 27.5. The van der Waals surface area contributed by atoms with Crippen LogP contribution >= 0.6 is 46.4 Å². The molecule has 0 unspecified atom stereocenters. The number of hydrogen-bond acceptors (Lipinski definition) is 2. The SMILES string of the molecule is O=C1c2ccccc2-c2ccc3c4ccc5c6c(ccc(c7ccc1c2c73)c64)C(=O)c1c(Cl)c(Cl)c(Cl)c(Cl)c1-5. The van der Waals surface area contributed by atoms with Gasteiger partial charge >= 0.3 is 0 Å². The fourth-order valence-corrected chi connectivity index (χ4v) is 8.03. The second kappa shape index (κ2) is 7.54. The highest BCUT2D eigenvalue weighted by Crippen LogP contribution is 2.54. The zero-order valence-electron chi connectivity index (χ0n) is 20.3. The molecule has 0 saturated carbocycles. The summed E-state index contributed by atoms with van der Waals surface area (Å²) < 4.78 is 0. The van der Waals surface area contributed by atoms with Crippen molar-refractivity contribution in [2.24, 2.45) is 0 Å². The van der Waals surface area contributed by atoms with Crippen molar-refractivity contribution in [3.05, 3.63) is 115 Å². The standard InChI is InChI=1S/C34H12Cl4O2/c35-29-27-20-10-7-16-15-6-5-14-13-3-1-2-4-19(13)33(39)21-11-8-17(23(15)25(14)21)18-9-12-22(26(20)24(16)18)34(40)28(27)30(36)32(38)31(29)37/h1-12H. The predicted molar refractivity (Wildman–Crippen MR) is 165 cm³/mol. The van der Waals surface area contributed by atoms with Gasteiger partial charge in [-0.1, -0.05) is 107 Å². The Morgan fingerprint density at radius 2 is 0.800 bits per heavy atom. The molecule has 0 aromatic heterocycles. The number of fused-ring (bicyclic) bond motifs is 6. The molecular formula is C34H12Cl4O2. The monoisotopic (exact) mass is 592 g/mol. The third-order valence-corrected chi connectivity index (χ3v) is 10.4. The van der Waals surface area contributed by atoms with Crippen molar-refractivity contribution in [1.29, 1.82) is 0 Å². The lowest BCUT2D eigenvalue weighted by Gasteiger charge is -2.26. The van der Waals surface area contributed by atoms with Gasteiger partial charge in [-0.3, -0.25) is 9.59 Å². The molecule has 0 saturated heterocycles. The molecule has 6 heteroatoms. The first-order valence-electron chi connectivity index (χ1n) is 12.6. The molecule has 7 aromatic rings. The summed E-state index contributed by atoms with van der Waals surface area (Å²) in [5.41, 5.74) is 5.52. The van der Waals surface area contributed by atoms with Crippen molar-refractivity contribution in [1.82, 2.24) is 0 Å². The molecule has 188 valence electrons. The van der Waals surface area contributed by atoms with Crippen LogP contribution in [-0.2, 0) is 0 Å². The molecule has 2 aliphatic rings. The van der Waals surface area contributed by atoms with E-state index < -0.39 is 0 Å². The van der Waals surface area contributed by atoms with Gasteiger partial charge in [-0.15, -0.1) is 0 Å². The van der Waals surface area contributed by atoms with Crippen molar-refractivity contribution in [3.63, 3.8) is 0 Å². The number of rotatable bonds is 0. The van der Waals surface area contributed by atoms with Gasteiger partial charge in [0.2, 0.25) is 0 Å². The van der Waals surface area contributed by atoms with Gasteiger partial charge in [0, 0.05) is 33.0 Å². The molecule has 0 spiro atoms. The number of carbonyl (C=O) groups is 2. The van der Waals surface area contributed by atoms with Gasteiger partial charge < -0.3 is 0 Å². The lowest BCUT2D eigenvalue weighted by molar-refractivity contribution is 0.103. The van der Waals surface area contributed by atoms with E-state index in [9.17, 15) is 9.59 Å². The van der Waals surface area contributed by atoms with Gasteiger partial charge in [-0.2, -0.15) is 0 Å². The summed E-state index contributed by atoms with van der Waals surface area (Å²) in [5.74, 6) is -0.206. The van der Waals surface area contributed by atoms with Crippen LogP contribution in [0.4, 0.5) is 0 Å². The quantitative estimate of drug-likeness (QED) is 0.0758. The van der Waals surface area contributed by atoms with Gasteiger partial charge in [-0.25, -0.2) is 0 Å². The zero-order chi connectivity index (χ0) is 27.2. The minimum Gasteiger partial charge on any atom is -0.289 e. The van der Waals surface area contributed by atoms with Crippen LogP contribution in [0.1, 0.15) is 31.8 Å². The Balaban J connectivity index is 1.50. The Hall–Kier alpha value is -3.66. The number of carbonyl (C=O) groups excluding carboxylic acids is 2. The van der Waals surface area contributed by atoms with Crippen molar-refractivity contribution in [2.45, 2.75) is 0 Å². The molecule has 0 atom stereocenters. The fourth-order valence-electron chi connectivity index (χ4n) is 6.99. The van der Waals surface area contributed by atoms with E-state index in [0.717, 1.165) is 65.3 Å². The smallest absolute Gasteiger partial charge is 0.195 e. The van der Waals surface area contributed by atoms with Crippen molar-refractivity contribution in [3.8, 4) is 22.3 Å². The van der Waals surface area contributed by atoms with E-state index in [-0.39, 0.29) is 37.2 Å². The van der Waals surface area contributed by atoms with Gasteiger partial charge in [0.05, 0.1) is 25.7 Å². The second-order valence-corrected chi connectivity index (χ2v) is 11.9. The third-order valence-electron chi connectivity index (χ3n) is 8.62. The van der Waals surface area contributed by atoms with Crippen molar-refractivity contribution < 1.29 is 9.59 Å². The van der Waals surface area contributed by atoms with Crippen molar-refractivity contribution >= 4 is 101 Å². The maximum Gasteiger partial charge on any atom is 0.195 e. The number of hydrogen-bond donors (Lipinski definition) is 0. The maximum atomic E-state index is 13.9. The van der Waals surface area contributed by atoms with E-state index >= 15 is 0 Å². The average Bonchev–Trinajstić information content (AvgIpc) is 2.98. The Bertz CT molecular complexity index is 2380. The topological polar surface area (TPSA) is 34.1 Å². The number of benzene rings is 7. The number of halogens is 4. The molecule has 0 N–H and O–H groups in total. The van der Waals surface area contributed by atoms with Crippen LogP contribution in [-0.4, -0.2) is 11.6 Å². The molecule has 7 aromatic carbocycles. The van der Waals surface area contributed by atoms with Gasteiger partial charge in [0.1, 0.15) is 0 Å². The molecule has 9 rings (SSSR count). The van der Waals surface area contributed by atoms with E-state index in [1.54, 1.807) is 0 Å². The first kappa shape index (κ1) is 23.1. The summed E-state index contributed by atoms with van der Waals surface area (Å²) in [6.45, 7) is 0. The van der Waals surface area contributed by atoms with Gasteiger partial charge in [0.25, 0.3) is 0 Å². The number of ketones is 2. The van der Waals surface area contributed by atoms with Crippen LogP contribution in [0.15, 0.2) is 72.8 Å². The predicted octanol–water partition coefficient (Wildman–Crippen LogP) is 10.8. The van der Waals surface area contributed by atoms with E-state index in [1.165, 1.54) is 0 Å². The Morgan fingerprint density at radius 3 is 1.40 bits per heavy atom. The maximum absolute atomic E-state index is 13.9. The zero-order valence-corrected chi connectivity index (χ0v) is 23.3. The molecule has 2 nitrogen and oxygen atoms in total. The summed E-state index contributed by atoms with van der Waals surface area (Å²) in [6.07, 6.45) is 0. The molecule has 0 heterocycles. The van der Waals surface area contributed by atoms with Crippen molar-refractivity contribution in [2.75, 3.05) is 0 Å². The molecule has 2 aliphatic carbocycles. The highest BCUT2D eigenvalue weighted by molar-refractivity contribution is 6.55. The molecular weight excluding hydrogens is 582 g/mol. The molecule has 0 amide bonds. The first-order chi connectivity index (χ1) is 19.4. The fraction of sp³-hybridized carbons (Fsp3) is 0. The van der Waals surface area contributed by atoms with Gasteiger partial charge in [0.15, 0.2) is 11.6 Å². The van der Waals surface area contributed by atoms with Crippen LogP contribution < -0.4 is 0 Å².